The molecule has 5 nitrogen and oxygen atoms in total. The van der Waals surface area contributed by atoms with Crippen molar-refractivity contribution in [1.29, 1.82) is 5.26 Å². The van der Waals surface area contributed by atoms with Gasteiger partial charge in [0.2, 0.25) is 0 Å². The van der Waals surface area contributed by atoms with Crippen LogP contribution in [-0.4, -0.2) is 24.6 Å². The zero-order chi connectivity index (χ0) is 17.9. The van der Waals surface area contributed by atoms with E-state index in [-0.39, 0.29) is 24.7 Å². The third-order valence-electron chi connectivity index (χ3n) is 3.30. The fourth-order valence-corrected chi connectivity index (χ4v) is 1.87. The fourth-order valence-electron chi connectivity index (χ4n) is 1.87. The average molecular weight is 323 g/mol. The maximum Gasteiger partial charge on any atom is 0.334 e. The second kappa shape index (κ2) is 10.8. The van der Waals surface area contributed by atoms with E-state index in [0.29, 0.717) is 0 Å². The van der Waals surface area contributed by atoms with E-state index >= 15 is 0 Å². The van der Waals surface area contributed by atoms with Crippen LogP contribution in [0.4, 0.5) is 0 Å². The number of esters is 2. The minimum Gasteiger partial charge on any atom is -0.462 e. The van der Waals surface area contributed by atoms with Gasteiger partial charge in [-0.15, -0.1) is 0 Å². The third-order valence-corrected chi connectivity index (χ3v) is 3.30. The highest BCUT2D eigenvalue weighted by Gasteiger charge is 2.22. The van der Waals surface area contributed by atoms with Crippen LogP contribution in [0.5, 0.6) is 0 Å². The summed E-state index contributed by atoms with van der Waals surface area (Å²) >= 11 is 0. The first-order valence-electron chi connectivity index (χ1n) is 8.21. The molecule has 0 amide bonds. The molecular formula is C18H29NO4. The van der Waals surface area contributed by atoms with Crippen LogP contribution in [0.2, 0.25) is 0 Å². The second-order valence-electron chi connectivity index (χ2n) is 6.39. The van der Waals surface area contributed by atoms with Crippen molar-refractivity contribution >= 4 is 11.9 Å². The van der Waals surface area contributed by atoms with Crippen molar-refractivity contribution in [1.82, 2.24) is 0 Å². The molecule has 0 heterocycles. The molecule has 0 fully saturated rings. The number of rotatable bonds is 11. The fraction of sp³-hybridized carbons (Fsp3) is 0.722. The predicted molar refractivity (Wildman–Crippen MR) is 88.4 cm³/mol. The minimum atomic E-state index is -0.761. The maximum atomic E-state index is 11.9. The largest absolute Gasteiger partial charge is 0.462 e. The topological polar surface area (TPSA) is 76.4 Å². The second-order valence-corrected chi connectivity index (χ2v) is 6.39. The Morgan fingerprint density at radius 3 is 2.39 bits per heavy atom. The number of nitriles is 1. The molecule has 0 saturated carbocycles. The lowest BCUT2D eigenvalue weighted by molar-refractivity contribution is -0.151. The number of ether oxygens (including phenoxy) is 2. The number of hydrogen-bond acceptors (Lipinski definition) is 5. The standard InChI is InChI=1S/C18H29NO4/c1-6-8-10-15(9-7-2)23-16(20)11-14(3)17(21)22-13-18(4,5)12-19/h15H,3,6-11,13H2,1-2,4-5H3. The monoisotopic (exact) mass is 323 g/mol. The highest BCUT2D eigenvalue weighted by atomic mass is 16.5. The molecule has 0 aromatic carbocycles. The van der Waals surface area contributed by atoms with Gasteiger partial charge in [-0.25, -0.2) is 4.79 Å². The molecule has 0 radical (unpaired) electrons. The SMILES string of the molecule is C=C(CC(=O)OC(CCC)CCCC)C(=O)OCC(C)(C)C#N. The van der Waals surface area contributed by atoms with Gasteiger partial charge in [0.05, 0.1) is 17.9 Å². The van der Waals surface area contributed by atoms with Crippen LogP contribution in [-0.2, 0) is 19.1 Å². The molecule has 1 atom stereocenters. The van der Waals surface area contributed by atoms with Gasteiger partial charge in [0.1, 0.15) is 12.7 Å². The molecule has 23 heavy (non-hydrogen) atoms. The van der Waals surface area contributed by atoms with E-state index in [4.69, 9.17) is 14.7 Å². The molecule has 0 aromatic heterocycles. The van der Waals surface area contributed by atoms with Gasteiger partial charge in [-0.1, -0.05) is 39.7 Å². The first-order valence-corrected chi connectivity index (χ1v) is 8.21. The lowest BCUT2D eigenvalue weighted by Gasteiger charge is -2.18. The summed E-state index contributed by atoms with van der Waals surface area (Å²) in [6, 6.07) is 2.04. The molecule has 0 rings (SSSR count). The average Bonchev–Trinajstić information content (AvgIpc) is 2.50. The molecule has 0 aliphatic carbocycles. The van der Waals surface area contributed by atoms with E-state index < -0.39 is 17.4 Å². The molecule has 0 N–H and O–H groups in total. The Kier molecular flexibility index (Phi) is 9.96. The quantitative estimate of drug-likeness (QED) is 0.425. The number of carbonyl (C=O) groups excluding carboxylic acids is 2. The normalized spacial score (nSPS) is 12.1. The van der Waals surface area contributed by atoms with Crippen LogP contribution in [0, 0.1) is 16.7 Å². The van der Waals surface area contributed by atoms with E-state index in [9.17, 15) is 9.59 Å². The molecule has 0 aliphatic heterocycles. The van der Waals surface area contributed by atoms with Crippen molar-refractivity contribution < 1.29 is 19.1 Å². The maximum absolute atomic E-state index is 11.9. The number of carbonyl (C=O) groups is 2. The Morgan fingerprint density at radius 1 is 1.22 bits per heavy atom. The zero-order valence-corrected chi connectivity index (χ0v) is 14.8. The summed E-state index contributed by atoms with van der Waals surface area (Å²) in [7, 11) is 0. The summed E-state index contributed by atoms with van der Waals surface area (Å²) in [5, 5.41) is 8.87. The van der Waals surface area contributed by atoms with Gasteiger partial charge in [-0.05, 0) is 26.7 Å². The molecule has 0 aromatic rings. The van der Waals surface area contributed by atoms with Gasteiger partial charge >= 0.3 is 11.9 Å². The Balaban J connectivity index is 4.33. The van der Waals surface area contributed by atoms with E-state index in [1.807, 2.05) is 13.0 Å². The van der Waals surface area contributed by atoms with Crippen LogP contribution in [0.15, 0.2) is 12.2 Å². The van der Waals surface area contributed by atoms with Crippen molar-refractivity contribution in [2.75, 3.05) is 6.61 Å². The van der Waals surface area contributed by atoms with Gasteiger partial charge in [0.25, 0.3) is 0 Å². The van der Waals surface area contributed by atoms with Gasteiger partial charge in [-0.2, -0.15) is 5.26 Å². The summed E-state index contributed by atoms with van der Waals surface area (Å²) < 4.78 is 10.4. The first-order chi connectivity index (χ1) is 10.8. The Morgan fingerprint density at radius 2 is 1.87 bits per heavy atom. The van der Waals surface area contributed by atoms with Gasteiger partial charge < -0.3 is 9.47 Å². The summed E-state index contributed by atoms with van der Waals surface area (Å²) in [4.78, 5) is 23.7. The Labute approximate surface area is 139 Å². The molecule has 0 aliphatic rings. The van der Waals surface area contributed by atoms with Crippen molar-refractivity contribution in [3.8, 4) is 6.07 Å². The molecular weight excluding hydrogens is 294 g/mol. The van der Waals surface area contributed by atoms with Crippen LogP contribution in [0.1, 0.15) is 66.2 Å². The van der Waals surface area contributed by atoms with Crippen molar-refractivity contribution in [2.24, 2.45) is 5.41 Å². The molecule has 5 heteroatoms. The van der Waals surface area contributed by atoms with Gasteiger partial charge in [-0.3, -0.25) is 4.79 Å². The van der Waals surface area contributed by atoms with Crippen LogP contribution in [0.25, 0.3) is 0 Å². The van der Waals surface area contributed by atoms with E-state index in [1.54, 1.807) is 13.8 Å². The molecule has 130 valence electrons. The number of nitrogens with zero attached hydrogens (tertiary/aromatic N) is 1. The number of hydrogen-bond donors (Lipinski definition) is 0. The van der Waals surface area contributed by atoms with Gasteiger partial charge in [0, 0.05) is 5.57 Å². The van der Waals surface area contributed by atoms with E-state index in [1.165, 1.54) is 0 Å². The highest BCUT2D eigenvalue weighted by molar-refractivity contribution is 5.93. The third kappa shape index (κ3) is 9.72. The summed E-state index contributed by atoms with van der Waals surface area (Å²) in [5.74, 6) is -1.12. The smallest absolute Gasteiger partial charge is 0.334 e. The minimum absolute atomic E-state index is 0.0363. The van der Waals surface area contributed by atoms with E-state index in [0.717, 1.165) is 32.1 Å². The van der Waals surface area contributed by atoms with Gasteiger partial charge in [0.15, 0.2) is 0 Å². The predicted octanol–water partition coefficient (Wildman–Crippen LogP) is 3.93. The first kappa shape index (κ1) is 21.2. The molecule has 1 unspecified atom stereocenters. The van der Waals surface area contributed by atoms with E-state index in [2.05, 4.69) is 13.5 Å². The summed E-state index contributed by atoms with van der Waals surface area (Å²) in [5.41, 5.74) is -0.711. The highest BCUT2D eigenvalue weighted by Crippen LogP contribution is 2.16. The molecule has 0 saturated heterocycles. The zero-order valence-electron chi connectivity index (χ0n) is 14.8. The van der Waals surface area contributed by atoms with Crippen LogP contribution < -0.4 is 0 Å². The van der Waals surface area contributed by atoms with Crippen molar-refractivity contribution in [2.45, 2.75) is 72.3 Å². The lowest BCUT2D eigenvalue weighted by atomic mass is 9.98. The lowest BCUT2D eigenvalue weighted by Crippen LogP contribution is -2.23. The van der Waals surface area contributed by atoms with Crippen LogP contribution >= 0.6 is 0 Å². The van der Waals surface area contributed by atoms with Crippen LogP contribution in [0.3, 0.4) is 0 Å². The molecule has 0 bridgehead atoms. The summed E-state index contributed by atoms with van der Waals surface area (Å²) in [6.45, 7) is 11.0. The Hall–Kier alpha value is -1.83. The summed E-state index contributed by atoms with van der Waals surface area (Å²) in [6.07, 6.45) is 4.36. The molecule has 0 spiro atoms. The Bertz CT molecular complexity index is 448. The number of unbranched alkanes of at least 4 members (excludes halogenated alkanes) is 1. The van der Waals surface area contributed by atoms with Crippen molar-refractivity contribution in [3.63, 3.8) is 0 Å². The van der Waals surface area contributed by atoms with Crippen molar-refractivity contribution in [3.05, 3.63) is 12.2 Å².